The minimum absolute atomic E-state index is 0.103. The molecular formula is C13H19NO4. The minimum Gasteiger partial charge on any atom is -0.465 e. The van der Waals surface area contributed by atoms with Gasteiger partial charge in [-0.3, -0.25) is 0 Å². The molecule has 0 spiro atoms. The van der Waals surface area contributed by atoms with Crippen molar-refractivity contribution < 1.29 is 19.1 Å². The molecule has 0 saturated carbocycles. The summed E-state index contributed by atoms with van der Waals surface area (Å²) in [5.41, 5.74) is -0.103. The lowest BCUT2D eigenvalue weighted by Crippen LogP contribution is -2.24. The number of carbonyl (C=O) groups is 2. The second-order valence-corrected chi connectivity index (χ2v) is 4.00. The van der Waals surface area contributed by atoms with Gasteiger partial charge in [0.2, 0.25) is 0 Å². The Morgan fingerprint density at radius 3 is 2.06 bits per heavy atom. The van der Waals surface area contributed by atoms with Crippen LogP contribution >= 0.6 is 0 Å². The first-order valence-electron chi connectivity index (χ1n) is 5.98. The Hall–Kier alpha value is -1.78. The fourth-order valence-corrected chi connectivity index (χ4v) is 1.77. The van der Waals surface area contributed by atoms with E-state index < -0.39 is 11.9 Å². The quantitative estimate of drug-likeness (QED) is 0.248. The van der Waals surface area contributed by atoms with Crippen molar-refractivity contribution in [1.82, 2.24) is 4.90 Å². The SMILES string of the molecule is COC(=O)C(=CC=CN1CCCCC1)C(=O)OC. The van der Waals surface area contributed by atoms with E-state index in [0.29, 0.717) is 0 Å². The summed E-state index contributed by atoms with van der Waals surface area (Å²) in [5, 5.41) is 0. The summed E-state index contributed by atoms with van der Waals surface area (Å²) >= 11 is 0. The topological polar surface area (TPSA) is 55.8 Å². The number of allylic oxidation sites excluding steroid dienone is 2. The van der Waals surface area contributed by atoms with E-state index in [1.54, 1.807) is 6.08 Å². The third-order valence-electron chi connectivity index (χ3n) is 2.76. The molecule has 1 rings (SSSR count). The number of carbonyl (C=O) groups excluding carboxylic acids is 2. The van der Waals surface area contributed by atoms with Crippen LogP contribution in [0.3, 0.4) is 0 Å². The van der Waals surface area contributed by atoms with Gasteiger partial charge in [0.1, 0.15) is 5.57 Å². The summed E-state index contributed by atoms with van der Waals surface area (Å²) in [6.07, 6.45) is 8.59. The van der Waals surface area contributed by atoms with E-state index in [2.05, 4.69) is 14.4 Å². The summed E-state index contributed by atoms with van der Waals surface area (Å²) in [6.45, 7) is 2.02. The molecule has 100 valence electrons. The Labute approximate surface area is 107 Å². The van der Waals surface area contributed by atoms with E-state index in [1.807, 2.05) is 6.20 Å². The summed E-state index contributed by atoms with van der Waals surface area (Å²) in [4.78, 5) is 24.9. The van der Waals surface area contributed by atoms with E-state index in [4.69, 9.17) is 0 Å². The number of ether oxygens (including phenoxy) is 2. The van der Waals surface area contributed by atoms with Crippen LogP contribution in [-0.4, -0.2) is 44.1 Å². The fourth-order valence-electron chi connectivity index (χ4n) is 1.77. The van der Waals surface area contributed by atoms with E-state index in [9.17, 15) is 9.59 Å². The zero-order chi connectivity index (χ0) is 13.4. The van der Waals surface area contributed by atoms with E-state index in [1.165, 1.54) is 39.6 Å². The van der Waals surface area contributed by atoms with Gasteiger partial charge < -0.3 is 14.4 Å². The highest BCUT2D eigenvalue weighted by Crippen LogP contribution is 2.09. The summed E-state index contributed by atoms with van der Waals surface area (Å²) in [6, 6.07) is 0. The number of hydrogen-bond acceptors (Lipinski definition) is 5. The Morgan fingerprint density at radius 2 is 1.56 bits per heavy atom. The molecule has 0 amide bonds. The van der Waals surface area contributed by atoms with Gasteiger partial charge in [0.05, 0.1) is 14.2 Å². The number of esters is 2. The number of rotatable bonds is 4. The van der Waals surface area contributed by atoms with Crippen LogP contribution in [0.2, 0.25) is 0 Å². The van der Waals surface area contributed by atoms with E-state index in [-0.39, 0.29) is 5.57 Å². The summed E-state index contributed by atoms with van der Waals surface area (Å²) in [5.74, 6) is -1.38. The van der Waals surface area contributed by atoms with Crippen LogP contribution in [0, 0.1) is 0 Å². The average Bonchev–Trinajstić information content (AvgIpc) is 2.43. The van der Waals surface area contributed by atoms with Crippen LogP contribution in [0.25, 0.3) is 0 Å². The van der Waals surface area contributed by atoms with Gasteiger partial charge in [0.15, 0.2) is 0 Å². The molecule has 0 N–H and O–H groups in total. The number of piperidine rings is 1. The molecule has 1 heterocycles. The molecule has 0 aromatic heterocycles. The second kappa shape index (κ2) is 7.53. The van der Waals surface area contributed by atoms with Crippen LogP contribution in [0.4, 0.5) is 0 Å². The zero-order valence-electron chi connectivity index (χ0n) is 10.8. The molecule has 0 aromatic carbocycles. The maximum absolute atomic E-state index is 11.4. The van der Waals surface area contributed by atoms with Crippen LogP contribution in [0.5, 0.6) is 0 Å². The number of methoxy groups -OCH3 is 2. The highest BCUT2D eigenvalue weighted by atomic mass is 16.5. The van der Waals surface area contributed by atoms with Crippen molar-refractivity contribution in [2.45, 2.75) is 19.3 Å². The first-order chi connectivity index (χ1) is 8.69. The van der Waals surface area contributed by atoms with Crippen molar-refractivity contribution in [2.24, 2.45) is 0 Å². The van der Waals surface area contributed by atoms with Crippen molar-refractivity contribution in [3.05, 3.63) is 23.9 Å². The van der Waals surface area contributed by atoms with Gasteiger partial charge in [-0.1, -0.05) is 0 Å². The maximum Gasteiger partial charge on any atom is 0.345 e. The van der Waals surface area contributed by atoms with Crippen molar-refractivity contribution in [3.63, 3.8) is 0 Å². The number of hydrogen-bond donors (Lipinski definition) is 0. The largest absolute Gasteiger partial charge is 0.465 e. The lowest BCUT2D eigenvalue weighted by molar-refractivity contribution is -0.144. The monoisotopic (exact) mass is 253 g/mol. The third-order valence-corrected chi connectivity index (χ3v) is 2.76. The summed E-state index contributed by atoms with van der Waals surface area (Å²) < 4.78 is 9.04. The van der Waals surface area contributed by atoms with Gasteiger partial charge in [0, 0.05) is 13.1 Å². The average molecular weight is 253 g/mol. The predicted molar refractivity (Wildman–Crippen MR) is 66.7 cm³/mol. The highest BCUT2D eigenvalue weighted by molar-refractivity contribution is 6.14. The molecule has 1 aliphatic rings. The van der Waals surface area contributed by atoms with Crippen LogP contribution in [-0.2, 0) is 19.1 Å². The molecule has 18 heavy (non-hydrogen) atoms. The van der Waals surface area contributed by atoms with Gasteiger partial charge in [-0.15, -0.1) is 0 Å². The summed E-state index contributed by atoms with van der Waals surface area (Å²) in [7, 11) is 2.46. The smallest absolute Gasteiger partial charge is 0.345 e. The Morgan fingerprint density at radius 1 is 1.00 bits per heavy atom. The Kier molecular flexibility index (Phi) is 5.97. The Balaban J connectivity index is 2.66. The predicted octanol–water partition coefficient (Wildman–Crippen LogP) is 1.26. The van der Waals surface area contributed by atoms with Crippen LogP contribution < -0.4 is 0 Å². The number of likely N-dealkylation sites (tertiary alicyclic amines) is 1. The molecule has 1 saturated heterocycles. The molecule has 0 radical (unpaired) electrons. The molecule has 0 aliphatic carbocycles. The molecule has 0 atom stereocenters. The normalized spacial score (nSPS) is 15.3. The van der Waals surface area contributed by atoms with E-state index >= 15 is 0 Å². The second-order valence-electron chi connectivity index (χ2n) is 4.00. The van der Waals surface area contributed by atoms with Gasteiger partial charge in [-0.25, -0.2) is 9.59 Å². The van der Waals surface area contributed by atoms with Crippen LogP contribution in [0.1, 0.15) is 19.3 Å². The van der Waals surface area contributed by atoms with Crippen molar-refractivity contribution in [3.8, 4) is 0 Å². The molecule has 0 aromatic rings. The number of nitrogens with zero attached hydrogens (tertiary/aromatic N) is 1. The first kappa shape index (κ1) is 14.3. The van der Waals surface area contributed by atoms with Crippen molar-refractivity contribution in [1.29, 1.82) is 0 Å². The lowest BCUT2D eigenvalue weighted by atomic mass is 10.1. The third kappa shape index (κ3) is 4.24. The van der Waals surface area contributed by atoms with Gasteiger partial charge in [-0.2, -0.15) is 0 Å². The van der Waals surface area contributed by atoms with E-state index in [0.717, 1.165) is 13.1 Å². The highest BCUT2D eigenvalue weighted by Gasteiger charge is 2.18. The Bertz CT molecular complexity index is 336. The standard InChI is InChI=1S/C13H19NO4/c1-17-12(15)11(13(16)18-2)7-6-10-14-8-4-3-5-9-14/h6-7,10H,3-5,8-9H2,1-2H3. The zero-order valence-corrected chi connectivity index (χ0v) is 10.8. The van der Waals surface area contributed by atoms with Gasteiger partial charge >= 0.3 is 11.9 Å². The van der Waals surface area contributed by atoms with Gasteiger partial charge in [0.25, 0.3) is 0 Å². The van der Waals surface area contributed by atoms with Gasteiger partial charge in [-0.05, 0) is 37.6 Å². The minimum atomic E-state index is -0.690. The first-order valence-corrected chi connectivity index (χ1v) is 5.98. The molecular weight excluding hydrogens is 234 g/mol. The van der Waals surface area contributed by atoms with Crippen molar-refractivity contribution >= 4 is 11.9 Å². The molecule has 5 nitrogen and oxygen atoms in total. The lowest BCUT2D eigenvalue weighted by Gasteiger charge is -2.24. The molecule has 0 unspecified atom stereocenters. The maximum atomic E-state index is 11.4. The van der Waals surface area contributed by atoms with Crippen LogP contribution in [0.15, 0.2) is 23.9 Å². The molecule has 1 aliphatic heterocycles. The molecule has 0 bridgehead atoms. The molecule has 5 heteroatoms. The fraction of sp³-hybridized carbons (Fsp3) is 0.538. The molecule has 1 fully saturated rings. The van der Waals surface area contributed by atoms with Crippen molar-refractivity contribution in [2.75, 3.05) is 27.3 Å².